The average molecular weight is 290 g/mol. The van der Waals surface area contributed by atoms with E-state index in [-0.39, 0.29) is 0 Å². The lowest BCUT2D eigenvalue weighted by molar-refractivity contribution is 0.653. The van der Waals surface area contributed by atoms with Gasteiger partial charge in [-0.05, 0) is 66.7 Å². The van der Waals surface area contributed by atoms with E-state index in [4.69, 9.17) is 5.73 Å². The third kappa shape index (κ3) is 2.34. The number of nitrogens with two attached hydrogens (primary N) is 1. The summed E-state index contributed by atoms with van der Waals surface area (Å²) in [7, 11) is 1.94. The van der Waals surface area contributed by atoms with Crippen LogP contribution in [0.2, 0.25) is 0 Å². The van der Waals surface area contributed by atoms with E-state index in [0.717, 1.165) is 11.3 Å². The van der Waals surface area contributed by atoms with Gasteiger partial charge in [-0.2, -0.15) is 0 Å². The Balaban J connectivity index is 3.20. The molecule has 0 unspecified atom stereocenters. The molecule has 0 saturated carbocycles. The minimum absolute atomic E-state index is 0.313. The van der Waals surface area contributed by atoms with Crippen LogP contribution >= 0.6 is 22.6 Å². The Hall–Kier alpha value is -0.290. The van der Waals surface area contributed by atoms with Crippen LogP contribution in [0.15, 0.2) is 12.1 Å². The maximum absolute atomic E-state index is 5.98. The summed E-state index contributed by atoms with van der Waals surface area (Å²) in [5.41, 5.74) is 9.23. The summed E-state index contributed by atoms with van der Waals surface area (Å²) < 4.78 is 1.24. The van der Waals surface area contributed by atoms with Gasteiger partial charge in [-0.3, -0.25) is 0 Å². The van der Waals surface area contributed by atoms with E-state index in [0.29, 0.717) is 6.04 Å². The van der Waals surface area contributed by atoms with Gasteiger partial charge in [0.2, 0.25) is 0 Å². The van der Waals surface area contributed by atoms with Crippen molar-refractivity contribution < 1.29 is 0 Å². The molecule has 0 fully saturated rings. The average Bonchev–Trinajstić information content (AvgIpc) is 2.10. The normalized spacial score (nSPS) is 12.9. The molecule has 0 amide bonds. The lowest BCUT2D eigenvalue weighted by Gasteiger charge is -2.15. The van der Waals surface area contributed by atoms with E-state index in [2.05, 4.69) is 47.0 Å². The first-order valence-electron chi connectivity index (χ1n) is 4.29. The van der Waals surface area contributed by atoms with Crippen molar-refractivity contribution in [1.29, 1.82) is 0 Å². The molecule has 0 aliphatic carbocycles. The molecule has 0 spiro atoms. The fourth-order valence-corrected chi connectivity index (χ4v) is 2.10. The van der Waals surface area contributed by atoms with Crippen LogP contribution < -0.4 is 11.1 Å². The number of benzene rings is 1. The van der Waals surface area contributed by atoms with Gasteiger partial charge in [0, 0.05) is 15.3 Å². The van der Waals surface area contributed by atoms with E-state index in [9.17, 15) is 0 Å². The van der Waals surface area contributed by atoms with Gasteiger partial charge in [-0.25, -0.2) is 0 Å². The molecule has 0 bridgehead atoms. The van der Waals surface area contributed by atoms with Crippen LogP contribution in [0.25, 0.3) is 0 Å². The number of nitrogens with one attached hydrogen (secondary N) is 1. The van der Waals surface area contributed by atoms with E-state index in [1.54, 1.807) is 0 Å². The maximum atomic E-state index is 5.98. The smallest absolute Gasteiger partial charge is 0.0392 e. The van der Waals surface area contributed by atoms with Crippen molar-refractivity contribution in [1.82, 2.24) is 5.32 Å². The molecule has 72 valence electrons. The maximum Gasteiger partial charge on any atom is 0.0392 e. The zero-order chi connectivity index (χ0) is 10.0. The second kappa shape index (κ2) is 4.28. The predicted molar refractivity (Wildman–Crippen MR) is 65.8 cm³/mol. The Morgan fingerprint density at radius 3 is 2.62 bits per heavy atom. The summed E-state index contributed by atoms with van der Waals surface area (Å²) in [5, 5.41) is 3.19. The molecule has 0 saturated heterocycles. The molecule has 1 aromatic rings. The highest BCUT2D eigenvalue weighted by Crippen LogP contribution is 2.25. The highest BCUT2D eigenvalue weighted by atomic mass is 127. The molecule has 2 nitrogen and oxygen atoms in total. The van der Waals surface area contributed by atoms with Gasteiger partial charge < -0.3 is 11.1 Å². The number of halogens is 1. The van der Waals surface area contributed by atoms with Crippen molar-refractivity contribution >= 4 is 28.3 Å². The Morgan fingerprint density at radius 2 is 2.08 bits per heavy atom. The summed E-state index contributed by atoms with van der Waals surface area (Å²) in [6, 6.07) is 4.54. The van der Waals surface area contributed by atoms with Gasteiger partial charge in [0.15, 0.2) is 0 Å². The van der Waals surface area contributed by atoms with Gasteiger partial charge in [0.25, 0.3) is 0 Å². The van der Waals surface area contributed by atoms with Crippen molar-refractivity contribution in [3.05, 3.63) is 26.8 Å². The second-order valence-electron chi connectivity index (χ2n) is 3.24. The fourth-order valence-electron chi connectivity index (χ4n) is 1.29. The van der Waals surface area contributed by atoms with Crippen molar-refractivity contribution in [3.63, 3.8) is 0 Å². The Bertz CT molecular complexity index is 310. The summed E-state index contributed by atoms with van der Waals surface area (Å²) >= 11 is 2.31. The topological polar surface area (TPSA) is 38.0 Å². The first-order chi connectivity index (χ1) is 6.06. The molecule has 0 radical (unpaired) electrons. The molecular formula is C10H15IN2. The van der Waals surface area contributed by atoms with Crippen LogP contribution in [-0.2, 0) is 0 Å². The molecule has 0 aliphatic rings. The third-order valence-electron chi connectivity index (χ3n) is 2.28. The number of anilines is 1. The predicted octanol–water partition coefficient (Wildman–Crippen LogP) is 2.46. The van der Waals surface area contributed by atoms with E-state index in [1.807, 2.05) is 14.0 Å². The SMILES string of the molecule is CN[C@@H](C)c1cc(I)cc(C)c1N. The molecule has 3 N–H and O–H groups in total. The summed E-state index contributed by atoms with van der Waals surface area (Å²) in [5.74, 6) is 0. The quantitative estimate of drug-likeness (QED) is 0.648. The Labute approximate surface area is 93.0 Å². The standard InChI is InChI=1S/C10H15IN2/c1-6-4-8(11)5-9(10(6)12)7(2)13-3/h4-5,7,13H,12H2,1-3H3/t7-/m0/s1. The monoisotopic (exact) mass is 290 g/mol. The number of rotatable bonds is 2. The van der Waals surface area contributed by atoms with Gasteiger partial charge in [0.05, 0.1) is 0 Å². The van der Waals surface area contributed by atoms with E-state index >= 15 is 0 Å². The summed E-state index contributed by atoms with van der Waals surface area (Å²) in [6.45, 7) is 4.16. The molecule has 1 atom stereocenters. The molecule has 0 aromatic heterocycles. The summed E-state index contributed by atoms with van der Waals surface area (Å²) in [4.78, 5) is 0. The fraction of sp³-hybridized carbons (Fsp3) is 0.400. The van der Waals surface area contributed by atoms with Crippen LogP contribution in [-0.4, -0.2) is 7.05 Å². The van der Waals surface area contributed by atoms with Crippen molar-refractivity contribution in [3.8, 4) is 0 Å². The van der Waals surface area contributed by atoms with Crippen LogP contribution in [0.5, 0.6) is 0 Å². The molecule has 1 rings (SSSR count). The molecule has 0 aliphatic heterocycles. The van der Waals surface area contributed by atoms with Crippen LogP contribution in [0.1, 0.15) is 24.1 Å². The summed E-state index contributed by atoms with van der Waals surface area (Å²) in [6.07, 6.45) is 0. The number of hydrogen-bond acceptors (Lipinski definition) is 2. The van der Waals surface area contributed by atoms with E-state index < -0.39 is 0 Å². The van der Waals surface area contributed by atoms with Crippen molar-refractivity contribution in [2.45, 2.75) is 19.9 Å². The van der Waals surface area contributed by atoms with Gasteiger partial charge in [-0.1, -0.05) is 0 Å². The number of aryl methyl sites for hydroxylation is 1. The lowest BCUT2D eigenvalue weighted by atomic mass is 10.0. The molecule has 0 heterocycles. The first-order valence-corrected chi connectivity index (χ1v) is 5.37. The number of nitrogen functional groups attached to an aromatic ring is 1. The highest BCUT2D eigenvalue weighted by molar-refractivity contribution is 14.1. The van der Waals surface area contributed by atoms with Gasteiger partial charge in [0.1, 0.15) is 0 Å². The first kappa shape index (κ1) is 10.8. The van der Waals surface area contributed by atoms with Crippen LogP contribution in [0.3, 0.4) is 0 Å². The molecular weight excluding hydrogens is 275 g/mol. The Kier molecular flexibility index (Phi) is 3.55. The van der Waals surface area contributed by atoms with Crippen molar-refractivity contribution in [2.24, 2.45) is 0 Å². The number of hydrogen-bond donors (Lipinski definition) is 2. The lowest BCUT2D eigenvalue weighted by Crippen LogP contribution is -2.14. The van der Waals surface area contributed by atoms with Gasteiger partial charge >= 0.3 is 0 Å². The zero-order valence-corrected chi connectivity index (χ0v) is 10.3. The van der Waals surface area contributed by atoms with Crippen LogP contribution in [0.4, 0.5) is 5.69 Å². The van der Waals surface area contributed by atoms with Crippen LogP contribution in [0, 0.1) is 10.5 Å². The largest absolute Gasteiger partial charge is 0.398 e. The molecule has 3 heteroatoms. The molecule has 13 heavy (non-hydrogen) atoms. The highest BCUT2D eigenvalue weighted by Gasteiger charge is 2.09. The zero-order valence-electron chi connectivity index (χ0n) is 8.19. The molecule has 1 aromatic carbocycles. The third-order valence-corrected chi connectivity index (χ3v) is 2.91. The minimum Gasteiger partial charge on any atom is -0.398 e. The minimum atomic E-state index is 0.313. The second-order valence-corrected chi connectivity index (χ2v) is 4.48. The van der Waals surface area contributed by atoms with Gasteiger partial charge in [-0.15, -0.1) is 0 Å². The van der Waals surface area contributed by atoms with E-state index in [1.165, 1.54) is 9.13 Å². The van der Waals surface area contributed by atoms with Crippen molar-refractivity contribution in [2.75, 3.05) is 12.8 Å². The Morgan fingerprint density at radius 1 is 1.46 bits per heavy atom.